The maximum absolute atomic E-state index is 3.89. The van der Waals surface area contributed by atoms with Gasteiger partial charge in [0.1, 0.15) is 0 Å². The van der Waals surface area contributed by atoms with Crippen molar-refractivity contribution in [2.45, 2.75) is 26.7 Å². The molecule has 0 amide bonds. The molecule has 0 saturated heterocycles. The van der Waals surface area contributed by atoms with Crippen LogP contribution in [-0.2, 0) is 0 Å². The zero-order valence-corrected chi connectivity index (χ0v) is 6.98. The van der Waals surface area contributed by atoms with Crippen molar-refractivity contribution < 1.29 is 0 Å². The maximum Gasteiger partial charge on any atom is -0.0248 e. The predicted molar refractivity (Wildman–Crippen MR) is 48.0 cm³/mol. The number of hydrogen-bond acceptors (Lipinski definition) is 0. The topological polar surface area (TPSA) is 0 Å². The Morgan fingerprint density at radius 3 is 2.40 bits per heavy atom. The first kappa shape index (κ1) is 9.22. The average molecular weight is 136 g/mol. The monoisotopic (exact) mass is 136 g/mol. The minimum Gasteiger partial charge on any atom is -0.0959 e. The second kappa shape index (κ2) is 5.04. The molecule has 0 rings (SSSR count). The first-order valence-corrected chi connectivity index (χ1v) is 3.63. The number of rotatable bonds is 4. The molecule has 0 nitrogen and oxygen atoms in total. The minimum absolute atomic E-state index is 1.04. The Hall–Kier alpha value is -0.780. The molecule has 0 N–H and O–H groups in total. The van der Waals surface area contributed by atoms with E-state index in [1.807, 2.05) is 13.8 Å². The lowest BCUT2D eigenvalue weighted by atomic mass is 10.1. The van der Waals surface area contributed by atoms with E-state index in [1.54, 1.807) is 0 Å². The molecule has 0 heterocycles. The van der Waals surface area contributed by atoms with E-state index in [2.05, 4.69) is 25.3 Å². The average Bonchev–Trinajstić information content (AvgIpc) is 1.88. The molecule has 0 aliphatic rings. The highest BCUT2D eigenvalue weighted by molar-refractivity contribution is 5.22. The molecule has 0 bridgehead atoms. The van der Waals surface area contributed by atoms with Crippen LogP contribution in [0.5, 0.6) is 0 Å². The summed E-state index contributed by atoms with van der Waals surface area (Å²) in [6, 6.07) is 0. The molecule has 0 saturated carbocycles. The van der Waals surface area contributed by atoms with Crippen LogP contribution in [0.25, 0.3) is 0 Å². The molecule has 0 fully saturated rings. The summed E-state index contributed by atoms with van der Waals surface area (Å²) in [5, 5.41) is 0. The predicted octanol–water partition coefficient (Wildman–Crippen LogP) is 3.48. The summed E-state index contributed by atoms with van der Waals surface area (Å²) in [4.78, 5) is 0. The van der Waals surface area contributed by atoms with E-state index in [-0.39, 0.29) is 0 Å². The van der Waals surface area contributed by atoms with Gasteiger partial charge in [-0.2, -0.15) is 0 Å². The molecule has 0 unspecified atom stereocenters. The molecule has 56 valence electrons. The molecule has 0 aromatic heterocycles. The van der Waals surface area contributed by atoms with E-state index < -0.39 is 0 Å². The molecule has 0 aliphatic heterocycles. The van der Waals surface area contributed by atoms with Crippen LogP contribution in [0.1, 0.15) is 26.7 Å². The van der Waals surface area contributed by atoms with Crippen molar-refractivity contribution in [1.29, 1.82) is 0 Å². The fourth-order valence-corrected chi connectivity index (χ4v) is 0.638. The summed E-state index contributed by atoms with van der Waals surface area (Å²) in [5.74, 6) is 0. The summed E-state index contributed by atoms with van der Waals surface area (Å²) in [6.45, 7) is 11.7. The highest BCUT2D eigenvalue weighted by Crippen LogP contribution is 2.10. The highest BCUT2D eigenvalue weighted by atomic mass is 14.0. The normalized spacial score (nSPS) is 10.2. The smallest absolute Gasteiger partial charge is 0.0248 e. The maximum atomic E-state index is 3.89. The fraction of sp³-hybridized carbons (Fsp3) is 0.400. The van der Waals surface area contributed by atoms with Gasteiger partial charge < -0.3 is 0 Å². The summed E-state index contributed by atoms with van der Waals surface area (Å²) in [6.07, 6.45) is 6.34. The minimum atomic E-state index is 1.04. The van der Waals surface area contributed by atoms with Gasteiger partial charge in [0.25, 0.3) is 0 Å². The third-order valence-electron chi connectivity index (χ3n) is 1.45. The Morgan fingerprint density at radius 2 is 2.00 bits per heavy atom. The van der Waals surface area contributed by atoms with Crippen LogP contribution in [0, 0.1) is 0 Å². The van der Waals surface area contributed by atoms with Crippen molar-refractivity contribution in [2.24, 2.45) is 0 Å². The van der Waals surface area contributed by atoms with Gasteiger partial charge in [-0.05, 0) is 26.7 Å². The van der Waals surface area contributed by atoms with Crippen LogP contribution in [-0.4, -0.2) is 0 Å². The van der Waals surface area contributed by atoms with Gasteiger partial charge in [-0.15, -0.1) is 0 Å². The molecule has 0 radical (unpaired) electrons. The quantitative estimate of drug-likeness (QED) is 0.410. The lowest BCUT2D eigenvalue weighted by Gasteiger charge is -2.00. The Balaban J connectivity index is 3.50. The molecule has 0 atom stereocenters. The second-order valence-electron chi connectivity index (χ2n) is 2.49. The highest BCUT2D eigenvalue weighted by Gasteiger charge is 1.90. The van der Waals surface area contributed by atoms with Crippen molar-refractivity contribution in [3.8, 4) is 0 Å². The van der Waals surface area contributed by atoms with Gasteiger partial charge in [0.15, 0.2) is 0 Å². The standard InChI is InChI=1S/C10H16/c1-5-6-7-8-10(4)9(2)3/h5-6H,2,4,7-8H2,1,3H3/b6-5+. The van der Waals surface area contributed by atoms with Crippen molar-refractivity contribution in [3.05, 3.63) is 36.5 Å². The van der Waals surface area contributed by atoms with Gasteiger partial charge in [-0.1, -0.05) is 36.5 Å². The summed E-state index contributed by atoms with van der Waals surface area (Å²) in [5.41, 5.74) is 2.27. The Bertz CT molecular complexity index is 149. The van der Waals surface area contributed by atoms with E-state index in [1.165, 1.54) is 0 Å². The van der Waals surface area contributed by atoms with Crippen LogP contribution in [0.2, 0.25) is 0 Å². The van der Waals surface area contributed by atoms with Crippen molar-refractivity contribution in [2.75, 3.05) is 0 Å². The molecule has 0 aliphatic carbocycles. The summed E-state index contributed by atoms with van der Waals surface area (Å²) >= 11 is 0. The zero-order valence-electron chi connectivity index (χ0n) is 6.98. The third kappa shape index (κ3) is 4.13. The molecule has 0 spiro atoms. The van der Waals surface area contributed by atoms with Crippen molar-refractivity contribution in [3.63, 3.8) is 0 Å². The molecule has 0 aromatic rings. The second-order valence-corrected chi connectivity index (χ2v) is 2.49. The molecule has 0 heteroatoms. The molecular weight excluding hydrogens is 120 g/mol. The van der Waals surface area contributed by atoms with E-state index in [0.717, 1.165) is 24.0 Å². The van der Waals surface area contributed by atoms with Crippen molar-refractivity contribution >= 4 is 0 Å². The Morgan fingerprint density at radius 1 is 1.40 bits per heavy atom. The first-order valence-electron chi connectivity index (χ1n) is 3.63. The third-order valence-corrected chi connectivity index (χ3v) is 1.45. The van der Waals surface area contributed by atoms with Crippen LogP contribution in [0.4, 0.5) is 0 Å². The molecule has 10 heavy (non-hydrogen) atoms. The van der Waals surface area contributed by atoms with Gasteiger partial charge in [-0.25, -0.2) is 0 Å². The summed E-state index contributed by atoms with van der Waals surface area (Å²) < 4.78 is 0. The fourth-order valence-electron chi connectivity index (χ4n) is 0.638. The van der Waals surface area contributed by atoms with Crippen molar-refractivity contribution in [1.82, 2.24) is 0 Å². The van der Waals surface area contributed by atoms with Gasteiger partial charge in [0.05, 0.1) is 0 Å². The lowest BCUT2D eigenvalue weighted by molar-refractivity contribution is 0.990. The van der Waals surface area contributed by atoms with Gasteiger partial charge in [0.2, 0.25) is 0 Å². The van der Waals surface area contributed by atoms with Gasteiger partial charge in [-0.3, -0.25) is 0 Å². The Kier molecular flexibility index (Phi) is 4.65. The molecule has 0 aromatic carbocycles. The number of hydrogen-bond donors (Lipinski definition) is 0. The van der Waals surface area contributed by atoms with E-state index in [4.69, 9.17) is 0 Å². The molecular formula is C10H16. The lowest BCUT2D eigenvalue weighted by Crippen LogP contribution is -1.80. The zero-order chi connectivity index (χ0) is 7.98. The van der Waals surface area contributed by atoms with Gasteiger partial charge >= 0.3 is 0 Å². The largest absolute Gasteiger partial charge is 0.0959 e. The van der Waals surface area contributed by atoms with Gasteiger partial charge in [0, 0.05) is 0 Å². The number of allylic oxidation sites excluding steroid dienone is 4. The first-order chi connectivity index (χ1) is 4.68. The summed E-state index contributed by atoms with van der Waals surface area (Å²) in [7, 11) is 0. The SMILES string of the molecule is C=C(C)C(=C)CC/C=C/C. The van der Waals surface area contributed by atoms with E-state index >= 15 is 0 Å². The van der Waals surface area contributed by atoms with E-state index in [9.17, 15) is 0 Å². The van der Waals surface area contributed by atoms with Crippen LogP contribution in [0.15, 0.2) is 36.5 Å². The van der Waals surface area contributed by atoms with Crippen LogP contribution in [0.3, 0.4) is 0 Å². The van der Waals surface area contributed by atoms with E-state index in [0.29, 0.717) is 0 Å². The van der Waals surface area contributed by atoms with Crippen LogP contribution >= 0.6 is 0 Å². The Labute approximate surface area is 64.0 Å². The van der Waals surface area contributed by atoms with Crippen LogP contribution < -0.4 is 0 Å².